The number of carbonyl (C=O) groups is 1. The predicted octanol–water partition coefficient (Wildman–Crippen LogP) is 1.94. The maximum absolute atomic E-state index is 12.8. The van der Waals surface area contributed by atoms with Crippen molar-refractivity contribution in [3.05, 3.63) is 67.9 Å². The second-order valence-corrected chi connectivity index (χ2v) is 5.58. The minimum absolute atomic E-state index is 0.0105. The Kier molecular flexibility index (Phi) is 4.16. The van der Waals surface area contributed by atoms with Crippen LogP contribution in [0.2, 0.25) is 0 Å². The molecule has 0 spiro atoms. The maximum atomic E-state index is 12.8. The van der Waals surface area contributed by atoms with E-state index in [9.17, 15) is 19.7 Å². The molecule has 0 bridgehead atoms. The van der Waals surface area contributed by atoms with Gasteiger partial charge in [-0.15, -0.1) is 0 Å². The lowest BCUT2D eigenvalue weighted by molar-refractivity contribution is -0.386. The Hall–Kier alpha value is -3.69. The number of para-hydroxylation sites is 1. The summed E-state index contributed by atoms with van der Waals surface area (Å²) < 4.78 is 7.69. The monoisotopic (exact) mass is 357 g/mol. The number of amides is 1. The summed E-state index contributed by atoms with van der Waals surface area (Å²) in [5.41, 5.74) is -0.369. The van der Waals surface area contributed by atoms with E-state index in [2.05, 4.69) is 10.5 Å². The standard InChI is InChI=1S/C16H15N5O5/c1-9-12(16(23)20(19(9)3)11-7-5-4-6-8-11)17-15(22)13-14(21(24)25)10(2)26-18-13/h4-8H,1-3H3,(H,17,22). The van der Waals surface area contributed by atoms with E-state index in [0.29, 0.717) is 11.4 Å². The summed E-state index contributed by atoms with van der Waals surface area (Å²) in [5.74, 6) is -0.980. The van der Waals surface area contributed by atoms with Gasteiger partial charge in [-0.25, -0.2) is 4.68 Å². The second-order valence-electron chi connectivity index (χ2n) is 5.58. The average molecular weight is 357 g/mol. The molecule has 0 atom stereocenters. The Morgan fingerprint density at radius 2 is 1.92 bits per heavy atom. The Morgan fingerprint density at radius 3 is 2.54 bits per heavy atom. The van der Waals surface area contributed by atoms with Crippen LogP contribution in [0.15, 0.2) is 39.6 Å². The van der Waals surface area contributed by atoms with Crippen molar-refractivity contribution in [2.45, 2.75) is 13.8 Å². The highest BCUT2D eigenvalue weighted by atomic mass is 16.6. The molecule has 0 aliphatic rings. The highest BCUT2D eigenvalue weighted by molar-refractivity contribution is 6.05. The molecule has 3 aromatic rings. The molecule has 0 aliphatic carbocycles. The van der Waals surface area contributed by atoms with Gasteiger partial charge in [-0.3, -0.25) is 24.4 Å². The number of hydrogen-bond donors (Lipinski definition) is 1. The number of hydrogen-bond acceptors (Lipinski definition) is 6. The van der Waals surface area contributed by atoms with Crippen LogP contribution in [0.4, 0.5) is 11.4 Å². The summed E-state index contributed by atoms with van der Waals surface area (Å²) in [5, 5.41) is 16.9. The molecule has 0 saturated carbocycles. The lowest BCUT2D eigenvalue weighted by Gasteiger charge is -2.07. The van der Waals surface area contributed by atoms with E-state index in [1.165, 1.54) is 11.6 Å². The van der Waals surface area contributed by atoms with E-state index < -0.39 is 27.8 Å². The van der Waals surface area contributed by atoms with Crippen molar-refractivity contribution in [1.29, 1.82) is 0 Å². The Labute approximate surface area is 146 Å². The highest BCUT2D eigenvalue weighted by Gasteiger charge is 2.31. The van der Waals surface area contributed by atoms with Gasteiger partial charge in [0.1, 0.15) is 5.69 Å². The number of benzene rings is 1. The first kappa shape index (κ1) is 17.1. The summed E-state index contributed by atoms with van der Waals surface area (Å²) in [4.78, 5) is 35.5. The fourth-order valence-corrected chi connectivity index (χ4v) is 2.62. The van der Waals surface area contributed by atoms with Gasteiger partial charge in [0.2, 0.25) is 11.5 Å². The molecule has 0 saturated heterocycles. The lowest BCUT2D eigenvalue weighted by Crippen LogP contribution is -2.23. The molecule has 3 rings (SSSR count). The normalized spacial score (nSPS) is 10.7. The molecule has 1 amide bonds. The van der Waals surface area contributed by atoms with Crippen LogP contribution < -0.4 is 10.9 Å². The summed E-state index contributed by atoms with van der Waals surface area (Å²) in [7, 11) is 1.67. The summed E-state index contributed by atoms with van der Waals surface area (Å²) in [6, 6.07) is 8.88. The van der Waals surface area contributed by atoms with Gasteiger partial charge in [-0.05, 0) is 19.1 Å². The Bertz CT molecular complexity index is 1060. The van der Waals surface area contributed by atoms with E-state index in [4.69, 9.17) is 4.52 Å². The number of aryl methyl sites for hydroxylation is 1. The summed E-state index contributed by atoms with van der Waals surface area (Å²) in [6.07, 6.45) is 0. The molecule has 10 heteroatoms. The molecule has 1 N–H and O–H groups in total. The fourth-order valence-electron chi connectivity index (χ4n) is 2.62. The van der Waals surface area contributed by atoms with Gasteiger partial charge in [0, 0.05) is 14.0 Å². The maximum Gasteiger partial charge on any atom is 0.344 e. The zero-order chi connectivity index (χ0) is 19.0. The lowest BCUT2D eigenvalue weighted by atomic mass is 10.3. The van der Waals surface area contributed by atoms with Gasteiger partial charge in [-0.2, -0.15) is 0 Å². The van der Waals surface area contributed by atoms with Crippen molar-refractivity contribution >= 4 is 17.3 Å². The molecule has 26 heavy (non-hydrogen) atoms. The second kappa shape index (κ2) is 6.31. The third-order valence-corrected chi connectivity index (χ3v) is 4.02. The molecule has 2 heterocycles. The van der Waals surface area contributed by atoms with Gasteiger partial charge >= 0.3 is 5.69 Å². The molecule has 10 nitrogen and oxygen atoms in total. The summed E-state index contributed by atoms with van der Waals surface area (Å²) in [6.45, 7) is 2.98. The molecule has 0 fully saturated rings. The van der Waals surface area contributed by atoms with Gasteiger partial charge in [-0.1, -0.05) is 23.4 Å². The Morgan fingerprint density at radius 1 is 1.27 bits per heavy atom. The van der Waals surface area contributed by atoms with Crippen LogP contribution in [0.1, 0.15) is 21.9 Å². The molecule has 1 aromatic carbocycles. The Balaban J connectivity index is 2.03. The zero-order valence-corrected chi connectivity index (χ0v) is 14.2. The van der Waals surface area contributed by atoms with E-state index in [0.717, 1.165) is 0 Å². The number of anilines is 1. The number of rotatable bonds is 4. The first-order valence-corrected chi connectivity index (χ1v) is 7.59. The van der Waals surface area contributed by atoms with Crippen molar-refractivity contribution in [3.8, 4) is 5.69 Å². The van der Waals surface area contributed by atoms with Gasteiger partial charge in [0.25, 0.3) is 11.5 Å². The first-order chi connectivity index (χ1) is 12.3. The van der Waals surface area contributed by atoms with Crippen LogP contribution in [0.3, 0.4) is 0 Å². The number of nitrogens with one attached hydrogen (secondary N) is 1. The molecule has 134 valence electrons. The van der Waals surface area contributed by atoms with Crippen molar-refractivity contribution in [1.82, 2.24) is 14.5 Å². The molecule has 0 unspecified atom stereocenters. The fraction of sp³-hybridized carbons (Fsp3) is 0.188. The van der Waals surface area contributed by atoms with Crippen LogP contribution in [-0.4, -0.2) is 25.4 Å². The minimum atomic E-state index is -0.889. The van der Waals surface area contributed by atoms with Gasteiger partial charge in [0.15, 0.2) is 0 Å². The van der Waals surface area contributed by atoms with Crippen LogP contribution >= 0.6 is 0 Å². The van der Waals surface area contributed by atoms with E-state index >= 15 is 0 Å². The first-order valence-electron chi connectivity index (χ1n) is 7.59. The molecular formula is C16H15N5O5. The average Bonchev–Trinajstić information content (AvgIpc) is 3.09. The number of nitro groups is 1. The van der Waals surface area contributed by atoms with Crippen molar-refractivity contribution < 1.29 is 14.2 Å². The van der Waals surface area contributed by atoms with E-state index in [1.807, 2.05) is 6.07 Å². The third kappa shape index (κ3) is 2.66. The van der Waals surface area contributed by atoms with Crippen molar-refractivity contribution in [3.63, 3.8) is 0 Å². The highest BCUT2D eigenvalue weighted by Crippen LogP contribution is 2.23. The predicted molar refractivity (Wildman–Crippen MR) is 91.6 cm³/mol. The van der Waals surface area contributed by atoms with E-state index in [-0.39, 0.29) is 11.4 Å². The van der Waals surface area contributed by atoms with Gasteiger partial charge < -0.3 is 9.84 Å². The van der Waals surface area contributed by atoms with E-state index in [1.54, 1.807) is 42.9 Å². The van der Waals surface area contributed by atoms with Gasteiger partial charge in [0.05, 0.1) is 16.3 Å². The van der Waals surface area contributed by atoms with Crippen LogP contribution in [-0.2, 0) is 7.05 Å². The third-order valence-electron chi connectivity index (χ3n) is 4.02. The molecule has 2 aromatic heterocycles. The largest absolute Gasteiger partial charge is 0.353 e. The van der Waals surface area contributed by atoms with Crippen LogP contribution in [0.25, 0.3) is 5.69 Å². The quantitative estimate of drug-likeness (QED) is 0.562. The van der Waals surface area contributed by atoms with Crippen LogP contribution in [0, 0.1) is 24.0 Å². The van der Waals surface area contributed by atoms with Crippen molar-refractivity contribution in [2.24, 2.45) is 7.05 Å². The van der Waals surface area contributed by atoms with Crippen LogP contribution in [0.5, 0.6) is 0 Å². The minimum Gasteiger partial charge on any atom is -0.353 e. The smallest absolute Gasteiger partial charge is 0.344 e. The number of nitrogens with zero attached hydrogens (tertiary/aromatic N) is 4. The summed E-state index contributed by atoms with van der Waals surface area (Å²) >= 11 is 0. The molecule has 0 radical (unpaired) electrons. The topological polar surface area (TPSA) is 125 Å². The van der Waals surface area contributed by atoms with Crippen molar-refractivity contribution in [2.75, 3.05) is 5.32 Å². The number of aromatic nitrogens is 3. The zero-order valence-electron chi connectivity index (χ0n) is 14.2. The molecular weight excluding hydrogens is 342 g/mol. The molecule has 0 aliphatic heterocycles. The SMILES string of the molecule is Cc1onc(C(=O)Nc2c(C)n(C)n(-c3ccccc3)c2=O)c1[N+](=O)[O-]. The number of carbonyl (C=O) groups excluding carboxylic acids is 1.